The number of Topliss-reactive ketones (excluding diaryl/α,β-unsaturated/α-hetero) is 1. The van der Waals surface area contributed by atoms with E-state index in [1.54, 1.807) is 7.11 Å². The molecular weight excluding hydrogens is 262 g/mol. The minimum Gasteiger partial charge on any atom is -0.496 e. The van der Waals surface area contributed by atoms with E-state index in [-0.39, 0.29) is 11.7 Å². The lowest BCUT2D eigenvalue weighted by molar-refractivity contribution is 0.0952. The minimum atomic E-state index is -0.0989. The van der Waals surface area contributed by atoms with Crippen LogP contribution >= 0.6 is 0 Å². The summed E-state index contributed by atoms with van der Waals surface area (Å²) in [6.45, 7) is 2.81. The van der Waals surface area contributed by atoms with E-state index in [0.29, 0.717) is 11.3 Å². The number of hydrogen-bond donors (Lipinski definition) is 1. The highest BCUT2D eigenvalue weighted by atomic mass is 16.5. The predicted octanol–water partition coefficient (Wildman–Crippen LogP) is 3.79. The fourth-order valence-corrected chi connectivity index (χ4v) is 2.94. The van der Waals surface area contributed by atoms with Crippen LogP contribution < -0.4 is 10.1 Å². The second-order valence-electron chi connectivity index (χ2n) is 5.42. The third kappa shape index (κ3) is 2.51. The molecule has 1 atom stereocenters. The van der Waals surface area contributed by atoms with E-state index < -0.39 is 0 Å². The Hall–Kier alpha value is -2.29. The standard InChI is InChI=1S/C18H19NO2/c1-12-7-8-17(21-2)15(11-12)18(20)14-9-10-19-16-6-4-3-5-13(14)16/h3-8,11,14,19H,9-10H2,1-2H3. The van der Waals surface area contributed by atoms with Crippen molar-refractivity contribution in [3.63, 3.8) is 0 Å². The number of carbonyl (C=O) groups is 1. The Morgan fingerprint density at radius 2 is 2.05 bits per heavy atom. The Balaban J connectivity index is 2.02. The van der Waals surface area contributed by atoms with E-state index in [9.17, 15) is 4.79 Å². The van der Waals surface area contributed by atoms with Gasteiger partial charge in [-0.05, 0) is 37.1 Å². The van der Waals surface area contributed by atoms with Crippen LogP contribution in [0.15, 0.2) is 42.5 Å². The third-order valence-corrected chi connectivity index (χ3v) is 4.02. The molecule has 0 saturated carbocycles. The topological polar surface area (TPSA) is 38.3 Å². The number of anilines is 1. The van der Waals surface area contributed by atoms with Crippen molar-refractivity contribution in [1.29, 1.82) is 0 Å². The molecule has 0 amide bonds. The van der Waals surface area contributed by atoms with Crippen molar-refractivity contribution in [2.45, 2.75) is 19.3 Å². The van der Waals surface area contributed by atoms with E-state index in [1.807, 2.05) is 49.4 Å². The van der Waals surface area contributed by atoms with E-state index >= 15 is 0 Å². The van der Waals surface area contributed by atoms with Crippen molar-refractivity contribution in [3.05, 3.63) is 59.2 Å². The van der Waals surface area contributed by atoms with Crippen molar-refractivity contribution in [3.8, 4) is 5.75 Å². The molecule has 3 nitrogen and oxygen atoms in total. The monoisotopic (exact) mass is 281 g/mol. The maximum atomic E-state index is 13.0. The fourth-order valence-electron chi connectivity index (χ4n) is 2.94. The molecule has 3 rings (SSSR count). The summed E-state index contributed by atoms with van der Waals surface area (Å²) in [4.78, 5) is 13.0. The summed E-state index contributed by atoms with van der Waals surface area (Å²) >= 11 is 0. The number of fused-ring (bicyclic) bond motifs is 1. The molecule has 1 aliphatic heterocycles. The van der Waals surface area contributed by atoms with Gasteiger partial charge in [0, 0.05) is 12.2 Å². The Morgan fingerprint density at radius 3 is 2.86 bits per heavy atom. The molecule has 0 saturated heterocycles. The molecular formula is C18H19NO2. The van der Waals surface area contributed by atoms with Gasteiger partial charge in [0.1, 0.15) is 5.75 Å². The van der Waals surface area contributed by atoms with Crippen molar-refractivity contribution in [1.82, 2.24) is 0 Å². The summed E-state index contributed by atoms with van der Waals surface area (Å²) < 4.78 is 5.36. The van der Waals surface area contributed by atoms with Crippen molar-refractivity contribution in [2.75, 3.05) is 19.0 Å². The molecule has 21 heavy (non-hydrogen) atoms. The van der Waals surface area contributed by atoms with Crippen molar-refractivity contribution >= 4 is 11.5 Å². The van der Waals surface area contributed by atoms with E-state index in [4.69, 9.17) is 4.74 Å². The summed E-state index contributed by atoms with van der Waals surface area (Å²) in [6, 6.07) is 13.8. The molecule has 1 unspecified atom stereocenters. The summed E-state index contributed by atoms with van der Waals surface area (Å²) in [5.74, 6) is 0.698. The van der Waals surface area contributed by atoms with Gasteiger partial charge in [0.05, 0.1) is 18.6 Å². The molecule has 2 aromatic carbocycles. The maximum absolute atomic E-state index is 13.0. The molecule has 108 valence electrons. The Bertz CT molecular complexity index is 679. The molecule has 0 aromatic heterocycles. The zero-order valence-corrected chi connectivity index (χ0v) is 12.3. The molecule has 1 heterocycles. The quantitative estimate of drug-likeness (QED) is 0.870. The van der Waals surface area contributed by atoms with Gasteiger partial charge in [0.15, 0.2) is 5.78 Å². The van der Waals surface area contributed by atoms with Crippen molar-refractivity contribution in [2.24, 2.45) is 0 Å². The molecule has 3 heteroatoms. The number of rotatable bonds is 3. The second kappa shape index (κ2) is 5.60. The number of para-hydroxylation sites is 1. The zero-order chi connectivity index (χ0) is 14.8. The van der Waals surface area contributed by atoms with Crippen LogP contribution in [-0.2, 0) is 0 Å². The molecule has 2 aromatic rings. The Kier molecular flexibility index (Phi) is 3.65. The van der Waals surface area contributed by atoms with E-state index in [0.717, 1.165) is 29.8 Å². The normalized spacial score (nSPS) is 16.8. The number of aryl methyl sites for hydroxylation is 1. The molecule has 0 bridgehead atoms. The van der Waals surface area contributed by atoms with Crippen LogP contribution in [0.3, 0.4) is 0 Å². The molecule has 0 aliphatic carbocycles. The molecule has 0 fully saturated rings. The summed E-state index contributed by atoms with van der Waals surface area (Å²) in [6.07, 6.45) is 0.812. The highest BCUT2D eigenvalue weighted by Crippen LogP contribution is 2.35. The first-order valence-electron chi connectivity index (χ1n) is 7.22. The lowest BCUT2D eigenvalue weighted by Crippen LogP contribution is -2.23. The highest BCUT2D eigenvalue weighted by molar-refractivity contribution is 6.04. The number of ether oxygens (including phenoxy) is 1. The van der Waals surface area contributed by atoms with Gasteiger partial charge in [0.2, 0.25) is 0 Å². The summed E-state index contributed by atoms with van der Waals surface area (Å²) in [5, 5.41) is 3.36. The average Bonchev–Trinajstić information content (AvgIpc) is 2.53. The number of benzene rings is 2. The molecule has 1 aliphatic rings. The fraction of sp³-hybridized carbons (Fsp3) is 0.278. The Morgan fingerprint density at radius 1 is 1.24 bits per heavy atom. The van der Waals surface area contributed by atoms with Gasteiger partial charge < -0.3 is 10.1 Å². The number of nitrogens with one attached hydrogen (secondary N) is 1. The van der Waals surface area contributed by atoms with E-state index in [1.165, 1.54) is 0 Å². The van der Waals surface area contributed by atoms with Crippen LogP contribution in [0.4, 0.5) is 5.69 Å². The zero-order valence-electron chi connectivity index (χ0n) is 12.3. The van der Waals surface area contributed by atoms with Crippen molar-refractivity contribution < 1.29 is 9.53 Å². The van der Waals surface area contributed by atoms with Crippen LogP contribution in [0, 0.1) is 6.92 Å². The lowest BCUT2D eigenvalue weighted by atomic mass is 9.84. The molecule has 0 spiro atoms. The third-order valence-electron chi connectivity index (χ3n) is 4.02. The van der Waals surface area contributed by atoms with Gasteiger partial charge >= 0.3 is 0 Å². The van der Waals surface area contributed by atoms with Gasteiger partial charge in [-0.25, -0.2) is 0 Å². The number of carbonyl (C=O) groups excluding carboxylic acids is 1. The van der Waals surface area contributed by atoms with Gasteiger partial charge in [-0.3, -0.25) is 4.79 Å². The molecule has 1 N–H and O–H groups in total. The number of hydrogen-bond acceptors (Lipinski definition) is 3. The van der Waals surface area contributed by atoms with Crippen LogP contribution in [0.1, 0.15) is 33.8 Å². The SMILES string of the molecule is COc1ccc(C)cc1C(=O)C1CCNc2ccccc21. The maximum Gasteiger partial charge on any atom is 0.174 e. The average molecular weight is 281 g/mol. The van der Waals surface area contributed by atoms with Crippen LogP contribution in [0.5, 0.6) is 5.75 Å². The first-order chi connectivity index (χ1) is 10.2. The van der Waals surface area contributed by atoms with Crippen LogP contribution in [-0.4, -0.2) is 19.4 Å². The minimum absolute atomic E-state index is 0.0989. The lowest BCUT2D eigenvalue weighted by Gasteiger charge is -2.26. The first-order valence-corrected chi connectivity index (χ1v) is 7.22. The largest absolute Gasteiger partial charge is 0.496 e. The summed E-state index contributed by atoms with van der Waals surface area (Å²) in [5.41, 5.74) is 3.90. The van der Waals surface area contributed by atoms with Gasteiger partial charge in [-0.1, -0.05) is 29.8 Å². The van der Waals surface area contributed by atoms with Crippen LogP contribution in [0.2, 0.25) is 0 Å². The predicted molar refractivity (Wildman–Crippen MR) is 84.4 cm³/mol. The second-order valence-corrected chi connectivity index (χ2v) is 5.42. The number of methoxy groups -OCH3 is 1. The highest BCUT2D eigenvalue weighted by Gasteiger charge is 2.28. The number of ketones is 1. The first kappa shape index (κ1) is 13.7. The smallest absolute Gasteiger partial charge is 0.174 e. The van der Waals surface area contributed by atoms with Gasteiger partial charge in [-0.2, -0.15) is 0 Å². The molecule has 0 radical (unpaired) electrons. The Labute approximate surface area is 124 Å². The van der Waals surface area contributed by atoms with E-state index in [2.05, 4.69) is 5.32 Å². The van der Waals surface area contributed by atoms with Gasteiger partial charge in [0.25, 0.3) is 0 Å². The van der Waals surface area contributed by atoms with Crippen LogP contribution in [0.25, 0.3) is 0 Å². The summed E-state index contributed by atoms with van der Waals surface area (Å²) in [7, 11) is 1.61. The van der Waals surface area contributed by atoms with Gasteiger partial charge in [-0.15, -0.1) is 0 Å².